The Labute approximate surface area is 313 Å². The molecule has 9 heteroatoms. The molecule has 1 amide bonds. The summed E-state index contributed by atoms with van der Waals surface area (Å²) in [4.78, 5) is 54.2. The standard InChI is InChI=1S/C44H40ClNO7/c1-28(36(25-29-17-23-35(45)24-18-29)34-21-19-33(20-22-34)32-15-9-4-10-16-32)46-41(47)37-38(42(48)49)40(44(51)53-27-31-13-7-3-8-14-31)39(37)43(50)52-26-30-11-5-2-6-12-30/h2-24,28,36-40H,25-27H2,1H3,(H,46,47)(H,48,49)/t28-,36-,37-,38-,39-,40-/m0/s1. The Morgan fingerprint density at radius 1 is 0.604 bits per heavy atom. The van der Waals surface area contributed by atoms with Crippen molar-refractivity contribution in [2.75, 3.05) is 0 Å². The summed E-state index contributed by atoms with van der Waals surface area (Å²) in [7, 11) is 0. The highest BCUT2D eigenvalue weighted by atomic mass is 35.5. The maximum absolute atomic E-state index is 14.2. The molecule has 0 radical (unpaired) electrons. The minimum Gasteiger partial charge on any atom is -0.481 e. The maximum atomic E-state index is 14.2. The van der Waals surface area contributed by atoms with Gasteiger partial charge in [-0.2, -0.15) is 0 Å². The molecule has 0 unspecified atom stereocenters. The molecule has 0 bridgehead atoms. The summed E-state index contributed by atoms with van der Waals surface area (Å²) in [5.41, 5.74) is 5.46. The number of carbonyl (C=O) groups excluding carboxylic acids is 3. The highest BCUT2D eigenvalue weighted by Gasteiger charge is 2.65. The maximum Gasteiger partial charge on any atom is 0.311 e. The van der Waals surface area contributed by atoms with Gasteiger partial charge in [0.05, 0.1) is 23.7 Å². The molecule has 2 N–H and O–H groups in total. The van der Waals surface area contributed by atoms with E-state index in [9.17, 15) is 24.3 Å². The van der Waals surface area contributed by atoms with Crippen LogP contribution in [0.3, 0.4) is 0 Å². The van der Waals surface area contributed by atoms with E-state index in [2.05, 4.69) is 5.32 Å². The summed E-state index contributed by atoms with van der Waals surface area (Å²) in [5.74, 6) is -9.64. The molecule has 0 spiro atoms. The van der Waals surface area contributed by atoms with Gasteiger partial charge in [0.15, 0.2) is 0 Å². The minimum atomic E-state index is -1.50. The molecule has 1 aliphatic rings. The molecule has 1 aliphatic carbocycles. The van der Waals surface area contributed by atoms with Crippen LogP contribution in [0.2, 0.25) is 5.02 Å². The first-order chi connectivity index (χ1) is 25.7. The number of hydrogen-bond acceptors (Lipinski definition) is 6. The topological polar surface area (TPSA) is 119 Å². The van der Waals surface area contributed by atoms with Crippen LogP contribution >= 0.6 is 11.6 Å². The minimum absolute atomic E-state index is 0.105. The van der Waals surface area contributed by atoms with Gasteiger partial charge in [-0.05, 0) is 58.9 Å². The Morgan fingerprint density at radius 3 is 1.58 bits per heavy atom. The summed E-state index contributed by atoms with van der Waals surface area (Å²) >= 11 is 6.17. The SMILES string of the molecule is C[C@H](NC(=O)[C@H]1[C@H](C(=O)O)[C@H](C(=O)OCc2ccccc2)[C@H]1C(=O)OCc1ccccc1)[C@H](Cc1ccc(Cl)cc1)c1ccc(-c2ccccc2)cc1. The second kappa shape index (κ2) is 17.2. The molecule has 8 nitrogen and oxygen atoms in total. The molecule has 0 saturated heterocycles. The number of carboxylic acids is 1. The fourth-order valence-electron chi connectivity index (χ4n) is 7.05. The van der Waals surface area contributed by atoms with E-state index in [1.54, 1.807) is 48.5 Å². The van der Waals surface area contributed by atoms with Gasteiger partial charge in [0, 0.05) is 17.0 Å². The molecule has 53 heavy (non-hydrogen) atoms. The van der Waals surface area contributed by atoms with Crippen LogP contribution in [0.5, 0.6) is 0 Å². The van der Waals surface area contributed by atoms with E-state index in [1.807, 2.05) is 97.9 Å². The lowest BCUT2D eigenvalue weighted by Gasteiger charge is -2.46. The van der Waals surface area contributed by atoms with Crippen LogP contribution in [-0.4, -0.2) is 35.0 Å². The second-order valence-electron chi connectivity index (χ2n) is 13.4. The molecule has 6 rings (SSSR count). The number of hydrogen-bond donors (Lipinski definition) is 2. The monoisotopic (exact) mass is 729 g/mol. The van der Waals surface area contributed by atoms with Crippen molar-refractivity contribution in [2.45, 2.75) is 38.5 Å². The van der Waals surface area contributed by atoms with Crippen molar-refractivity contribution < 1.29 is 33.8 Å². The van der Waals surface area contributed by atoms with Crippen LogP contribution in [-0.2, 0) is 48.3 Å². The highest BCUT2D eigenvalue weighted by molar-refractivity contribution is 6.30. The number of aliphatic carboxylic acids is 1. The summed E-state index contributed by atoms with van der Waals surface area (Å²) in [6, 6.07) is 43.0. The van der Waals surface area contributed by atoms with Gasteiger partial charge < -0.3 is 19.9 Å². The Hall–Kier alpha value is -5.73. The van der Waals surface area contributed by atoms with Crippen LogP contribution in [0.4, 0.5) is 0 Å². The molecule has 5 aromatic rings. The zero-order valence-electron chi connectivity index (χ0n) is 29.1. The number of ether oxygens (including phenoxy) is 2. The van der Waals surface area contributed by atoms with Gasteiger partial charge in [-0.1, -0.05) is 139 Å². The number of carbonyl (C=O) groups is 4. The average molecular weight is 730 g/mol. The summed E-state index contributed by atoms with van der Waals surface area (Å²) < 4.78 is 11.1. The molecular formula is C44H40ClNO7. The molecule has 5 aromatic carbocycles. The second-order valence-corrected chi connectivity index (χ2v) is 13.8. The Morgan fingerprint density at radius 2 is 1.08 bits per heavy atom. The van der Waals surface area contributed by atoms with Crippen LogP contribution in [0.15, 0.2) is 140 Å². The first-order valence-electron chi connectivity index (χ1n) is 17.5. The fourth-order valence-corrected chi connectivity index (χ4v) is 7.18. The van der Waals surface area contributed by atoms with E-state index in [4.69, 9.17) is 21.1 Å². The van der Waals surface area contributed by atoms with Gasteiger partial charge in [-0.25, -0.2) is 0 Å². The molecule has 6 atom stereocenters. The van der Waals surface area contributed by atoms with Crippen molar-refractivity contribution >= 4 is 35.4 Å². The first-order valence-corrected chi connectivity index (χ1v) is 17.9. The van der Waals surface area contributed by atoms with Gasteiger partial charge in [-0.15, -0.1) is 0 Å². The molecule has 0 aliphatic heterocycles. The Kier molecular flexibility index (Phi) is 12.0. The number of rotatable bonds is 14. The molecule has 1 saturated carbocycles. The zero-order valence-corrected chi connectivity index (χ0v) is 29.9. The largest absolute Gasteiger partial charge is 0.481 e. The van der Waals surface area contributed by atoms with Gasteiger partial charge in [0.25, 0.3) is 0 Å². The molecule has 0 aromatic heterocycles. The third-order valence-corrected chi connectivity index (χ3v) is 10.2. The van der Waals surface area contributed by atoms with E-state index in [0.29, 0.717) is 22.6 Å². The van der Waals surface area contributed by atoms with Gasteiger partial charge in [-0.3, -0.25) is 19.2 Å². The fraction of sp³-hybridized carbons (Fsp3) is 0.227. The quantitative estimate of drug-likeness (QED) is 0.112. The lowest BCUT2D eigenvalue weighted by Crippen LogP contribution is -2.63. The van der Waals surface area contributed by atoms with E-state index in [0.717, 1.165) is 22.3 Å². The lowest BCUT2D eigenvalue weighted by molar-refractivity contribution is -0.193. The third kappa shape index (κ3) is 9.02. The smallest absolute Gasteiger partial charge is 0.311 e. The third-order valence-electron chi connectivity index (χ3n) is 9.92. The lowest BCUT2D eigenvalue weighted by atomic mass is 9.56. The number of amides is 1. The number of carboxylic acid groups (broad SMARTS) is 1. The van der Waals surface area contributed by atoms with Gasteiger partial charge in [0.2, 0.25) is 5.91 Å². The molecule has 1 fully saturated rings. The average Bonchev–Trinajstić information content (AvgIpc) is 3.16. The summed E-state index contributed by atoms with van der Waals surface area (Å²) in [6.07, 6.45) is 0.535. The Balaban J connectivity index is 1.25. The summed E-state index contributed by atoms with van der Waals surface area (Å²) in [5, 5.41) is 14.0. The highest BCUT2D eigenvalue weighted by Crippen LogP contribution is 2.48. The van der Waals surface area contributed by atoms with E-state index in [1.165, 1.54) is 0 Å². The van der Waals surface area contributed by atoms with Crippen molar-refractivity contribution in [3.8, 4) is 11.1 Å². The number of esters is 2. The number of benzene rings is 5. The zero-order chi connectivity index (χ0) is 37.3. The molecule has 270 valence electrons. The van der Waals surface area contributed by atoms with E-state index in [-0.39, 0.29) is 19.1 Å². The van der Waals surface area contributed by atoms with Crippen LogP contribution in [0, 0.1) is 23.7 Å². The number of nitrogens with one attached hydrogen (secondary N) is 1. The first kappa shape index (κ1) is 37.0. The Bertz CT molecular complexity index is 2000. The van der Waals surface area contributed by atoms with Crippen LogP contribution in [0.1, 0.15) is 35.1 Å². The van der Waals surface area contributed by atoms with Crippen LogP contribution in [0.25, 0.3) is 11.1 Å². The van der Waals surface area contributed by atoms with Crippen molar-refractivity contribution in [2.24, 2.45) is 23.7 Å². The van der Waals surface area contributed by atoms with Gasteiger partial charge >= 0.3 is 17.9 Å². The molecular weight excluding hydrogens is 690 g/mol. The van der Waals surface area contributed by atoms with E-state index < -0.39 is 53.5 Å². The van der Waals surface area contributed by atoms with E-state index >= 15 is 0 Å². The van der Waals surface area contributed by atoms with Crippen molar-refractivity contribution in [1.82, 2.24) is 5.32 Å². The van der Waals surface area contributed by atoms with Gasteiger partial charge in [0.1, 0.15) is 13.2 Å². The predicted octanol–water partition coefficient (Wildman–Crippen LogP) is 7.89. The molecule has 0 heterocycles. The summed E-state index contributed by atoms with van der Waals surface area (Å²) in [6.45, 7) is 1.64. The van der Waals surface area contributed by atoms with Crippen molar-refractivity contribution in [3.63, 3.8) is 0 Å². The van der Waals surface area contributed by atoms with Crippen molar-refractivity contribution in [3.05, 3.63) is 167 Å². The number of halogens is 1. The predicted molar refractivity (Wildman–Crippen MR) is 201 cm³/mol. The van der Waals surface area contributed by atoms with Crippen LogP contribution < -0.4 is 5.32 Å². The van der Waals surface area contributed by atoms with Crippen molar-refractivity contribution in [1.29, 1.82) is 0 Å². The normalized spacial score (nSPS) is 18.8.